The molecule has 1 aliphatic rings. The Morgan fingerprint density at radius 3 is 2.40 bits per heavy atom. The molecule has 0 aliphatic heterocycles. The van der Waals surface area contributed by atoms with Gasteiger partial charge in [0.25, 0.3) is 0 Å². The van der Waals surface area contributed by atoms with Crippen LogP contribution in [0.3, 0.4) is 0 Å². The first-order chi connectivity index (χ1) is 14.6. The maximum absolute atomic E-state index is 12.3. The van der Waals surface area contributed by atoms with E-state index in [0.717, 1.165) is 40.8 Å². The SMILES string of the molecule is CN(C)c1ncc(-c2ccncc2)c(-c2ccc(CNC(=O)C3CCCC3)cc2)n1. The average Bonchev–Trinajstić information content (AvgIpc) is 3.33. The van der Waals surface area contributed by atoms with E-state index >= 15 is 0 Å². The van der Waals surface area contributed by atoms with Crippen molar-refractivity contribution in [3.8, 4) is 22.4 Å². The van der Waals surface area contributed by atoms with Gasteiger partial charge in [0.2, 0.25) is 11.9 Å². The molecule has 6 heteroatoms. The van der Waals surface area contributed by atoms with E-state index in [1.165, 1.54) is 12.8 Å². The Balaban J connectivity index is 1.57. The van der Waals surface area contributed by atoms with Gasteiger partial charge in [-0.3, -0.25) is 9.78 Å². The molecule has 154 valence electrons. The minimum absolute atomic E-state index is 0.183. The molecule has 1 aromatic carbocycles. The molecule has 1 aliphatic carbocycles. The Kier molecular flexibility index (Phi) is 6.02. The molecule has 2 aromatic heterocycles. The highest BCUT2D eigenvalue weighted by Crippen LogP contribution is 2.31. The maximum atomic E-state index is 12.3. The summed E-state index contributed by atoms with van der Waals surface area (Å²) in [4.78, 5) is 27.6. The third-order valence-corrected chi connectivity index (χ3v) is 5.59. The third kappa shape index (κ3) is 4.48. The van der Waals surface area contributed by atoms with E-state index in [1.807, 2.05) is 37.3 Å². The van der Waals surface area contributed by atoms with Gasteiger partial charge >= 0.3 is 0 Å². The van der Waals surface area contributed by atoms with E-state index in [9.17, 15) is 4.79 Å². The number of rotatable bonds is 6. The number of amides is 1. The zero-order chi connectivity index (χ0) is 20.9. The summed E-state index contributed by atoms with van der Waals surface area (Å²) in [6.45, 7) is 0.555. The molecule has 6 nitrogen and oxygen atoms in total. The van der Waals surface area contributed by atoms with E-state index in [-0.39, 0.29) is 11.8 Å². The van der Waals surface area contributed by atoms with Gasteiger partial charge in [-0.05, 0) is 36.1 Å². The lowest BCUT2D eigenvalue weighted by Crippen LogP contribution is -2.28. The van der Waals surface area contributed by atoms with E-state index in [1.54, 1.807) is 12.4 Å². The molecule has 0 unspecified atom stereocenters. The highest BCUT2D eigenvalue weighted by molar-refractivity contribution is 5.81. The minimum atomic E-state index is 0.183. The predicted molar refractivity (Wildman–Crippen MR) is 119 cm³/mol. The fraction of sp³-hybridized carbons (Fsp3) is 0.333. The van der Waals surface area contributed by atoms with Gasteiger partial charge in [-0.1, -0.05) is 37.1 Å². The standard InChI is InChI=1S/C24H27N5O/c1-29(2)24-27-16-21(18-11-13-25-14-12-18)22(28-24)19-9-7-17(8-10-19)15-26-23(30)20-5-3-4-6-20/h7-14,16,20H,3-6,15H2,1-2H3,(H,26,30). The van der Waals surface area contributed by atoms with Gasteiger partial charge in [-0.25, -0.2) is 9.97 Å². The minimum Gasteiger partial charge on any atom is -0.352 e. The molecule has 0 radical (unpaired) electrons. The molecular formula is C24H27N5O. The zero-order valence-corrected chi connectivity index (χ0v) is 17.5. The maximum Gasteiger partial charge on any atom is 0.225 e. The number of carbonyl (C=O) groups is 1. The van der Waals surface area contributed by atoms with Gasteiger partial charge in [-0.15, -0.1) is 0 Å². The summed E-state index contributed by atoms with van der Waals surface area (Å²) in [5.74, 6) is 1.04. The van der Waals surface area contributed by atoms with Gasteiger partial charge in [-0.2, -0.15) is 0 Å². The number of aromatic nitrogens is 3. The lowest BCUT2D eigenvalue weighted by molar-refractivity contribution is -0.124. The Morgan fingerprint density at radius 1 is 1.03 bits per heavy atom. The first-order valence-corrected chi connectivity index (χ1v) is 10.4. The normalized spacial score (nSPS) is 13.9. The third-order valence-electron chi connectivity index (χ3n) is 5.59. The molecule has 3 aromatic rings. The summed E-state index contributed by atoms with van der Waals surface area (Å²) in [6, 6.07) is 12.2. The van der Waals surface area contributed by atoms with E-state index in [0.29, 0.717) is 12.5 Å². The Morgan fingerprint density at radius 2 is 1.73 bits per heavy atom. The highest BCUT2D eigenvalue weighted by atomic mass is 16.1. The molecule has 0 saturated heterocycles. The van der Waals surface area contributed by atoms with Crippen LogP contribution in [0.5, 0.6) is 0 Å². The van der Waals surface area contributed by atoms with Crippen LogP contribution in [0.2, 0.25) is 0 Å². The van der Waals surface area contributed by atoms with Crippen LogP contribution < -0.4 is 10.2 Å². The lowest BCUT2D eigenvalue weighted by Gasteiger charge is -2.15. The molecule has 1 amide bonds. The number of anilines is 1. The largest absolute Gasteiger partial charge is 0.352 e. The van der Waals surface area contributed by atoms with Crippen molar-refractivity contribution in [1.82, 2.24) is 20.3 Å². The van der Waals surface area contributed by atoms with Crippen molar-refractivity contribution in [3.63, 3.8) is 0 Å². The van der Waals surface area contributed by atoms with Crippen molar-refractivity contribution in [1.29, 1.82) is 0 Å². The first kappa shape index (κ1) is 20.0. The highest BCUT2D eigenvalue weighted by Gasteiger charge is 2.22. The van der Waals surface area contributed by atoms with Crippen LogP contribution in [0, 0.1) is 5.92 Å². The van der Waals surface area contributed by atoms with Gasteiger partial charge in [0.1, 0.15) is 0 Å². The Hall–Kier alpha value is -3.28. The zero-order valence-electron chi connectivity index (χ0n) is 17.5. The quantitative estimate of drug-likeness (QED) is 0.674. The van der Waals surface area contributed by atoms with E-state index < -0.39 is 0 Å². The molecule has 1 fully saturated rings. The van der Waals surface area contributed by atoms with Crippen LogP contribution in [-0.2, 0) is 11.3 Å². The van der Waals surface area contributed by atoms with Crippen molar-refractivity contribution in [2.75, 3.05) is 19.0 Å². The van der Waals surface area contributed by atoms with Gasteiger partial charge in [0, 0.05) is 56.3 Å². The monoisotopic (exact) mass is 401 g/mol. The fourth-order valence-electron chi connectivity index (χ4n) is 3.85. The van der Waals surface area contributed by atoms with Crippen LogP contribution in [0.15, 0.2) is 55.0 Å². The van der Waals surface area contributed by atoms with Gasteiger partial charge < -0.3 is 10.2 Å². The molecule has 4 rings (SSSR count). The molecule has 1 saturated carbocycles. The molecular weight excluding hydrogens is 374 g/mol. The summed E-state index contributed by atoms with van der Waals surface area (Å²) in [5, 5.41) is 3.08. The van der Waals surface area contributed by atoms with Crippen LogP contribution in [-0.4, -0.2) is 35.0 Å². The van der Waals surface area contributed by atoms with Crippen LogP contribution in [0.25, 0.3) is 22.4 Å². The Bertz CT molecular complexity index is 996. The number of pyridine rings is 1. The molecule has 1 N–H and O–H groups in total. The Labute approximate surface area is 177 Å². The fourth-order valence-corrected chi connectivity index (χ4v) is 3.85. The second-order valence-electron chi connectivity index (χ2n) is 7.96. The number of hydrogen-bond donors (Lipinski definition) is 1. The van der Waals surface area contributed by atoms with Crippen LogP contribution >= 0.6 is 0 Å². The van der Waals surface area contributed by atoms with Crippen molar-refractivity contribution in [2.45, 2.75) is 32.2 Å². The van der Waals surface area contributed by atoms with Gasteiger partial charge in [0.15, 0.2) is 0 Å². The number of nitrogens with zero attached hydrogens (tertiary/aromatic N) is 4. The summed E-state index contributed by atoms with van der Waals surface area (Å²) >= 11 is 0. The van der Waals surface area contributed by atoms with E-state index in [4.69, 9.17) is 4.98 Å². The summed E-state index contributed by atoms with van der Waals surface area (Å²) in [6.07, 6.45) is 9.78. The molecule has 30 heavy (non-hydrogen) atoms. The topological polar surface area (TPSA) is 71.0 Å². The van der Waals surface area contributed by atoms with Crippen molar-refractivity contribution >= 4 is 11.9 Å². The lowest BCUT2D eigenvalue weighted by atomic mass is 10.0. The summed E-state index contributed by atoms with van der Waals surface area (Å²) in [7, 11) is 3.86. The number of benzene rings is 1. The van der Waals surface area contributed by atoms with Gasteiger partial charge in [0.05, 0.1) is 5.69 Å². The summed E-state index contributed by atoms with van der Waals surface area (Å²) < 4.78 is 0. The predicted octanol–water partition coefficient (Wildman–Crippen LogP) is 4.08. The number of carbonyl (C=O) groups excluding carboxylic acids is 1. The number of hydrogen-bond acceptors (Lipinski definition) is 5. The van der Waals surface area contributed by atoms with Crippen molar-refractivity contribution in [2.24, 2.45) is 5.92 Å². The smallest absolute Gasteiger partial charge is 0.225 e. The van der Waals surface area contributed by atoms with E-state index in [2.05, 4.69) is 39.6 Å². The molecule has 0 spiro atoms. The number of nitrogens with one attached hydrogen (secondary N) is 1. The summed E-state index contributed by atoms with van der Waals surface area (Å²) in [5.41, 5.74) is 4.96. The average molecular weight is 402 g/mol. The molecule has 0 atom stereocenters. The van der Waals surface area contributed by atoms with Crippen molar-refractivity contribution in [3.05, 3.63) is 60.6 Å². The van der Waals surface area contributed by atoms with Crippen LogP contribution in [0.4, 0.5) is 5.95 Å². The molecule has 0 bridgehead atoms. The van der Waals surface area contributed by atoms with Crippen molar-refractivity contribution < 1.29 is 4.79 Å². The second kappa shape index (κ2) is 9.03. The first-order valence-electron chi connectivity index (χ1n) is 10.4. The second-order valence-corrected chi connectivity index (χ2v) is 7.96. The molecule has 2 heterocycles. The van der Waals surface area contributed by atoms with Crippen LogP contribution in [0.1, 0.15) is 31.2 Å².